The number of carbonyl (C=O) groups is 1. The van der Waals surface area contributed by atoms with Crippen LogP contribution in [0.3, 0.4) is 0 Å². The lowest BCUT2D eigenvalue weighted by Crippen LogP contribution is -2.90. The van der Waals surface area contributed by atoms with Gasteiger partial charge in [0.25, 0.3) is 5.91 Å². The summed E-state index contributed by atoms with van der Waals surface area (Å²) in [5.74, 6) is 2.42. The van der Waals surface area contributed by atoms with Crippen LogP contribution in [0.5, 0.6) is 5.75 Å². The number of nitrogens with one attached hydrogen (secondary N) is 1. The molecule has 2 aromatic carbocycles. The van der Waals surface area contributed by atoms with Gasteiger partial charge in [0, 0.05) is 47.6 Å². The number of phenols is 1. The van der Waals surface area contributed by atoms with Gasteiger partial charge in [-0.25, -0.2) is 0 Å². The topological polar surface area (TPSA) is 55.8 Å². The van der Waals surface area contributed by atoms with E-state index >= 15 is 0 Å². The fourth-order valence-corrected chi connectivity index (χ4v) is 11.0. The van der Waals surface area contributed by atoms with Crippen LogP contribution in [-0.2, 0) is 11.8 Å². The van der Waals surface area contributed by atoms with Crippen molar-refractivity contribution >= 4 is 5.91 Å². The zero-order valence-corrected chi connectivity index (χ0v) is 22.6. The summed E-state index contributed by atoms with van der Waals surface area (Å²) in [6.07, 6.45) is 8.47. The Balaban J connectivity index is 1.21. The minimum Gasteiger partial charge on any atom is -0.508 e. The molecule has 6 aliphatic rings. The summed E-state index contributed by atoms with van der Waals surface area (Å²) in [4.78, 5) is 19.0. The zero-order chi connectivity index (χ0) is 25.6. The summed E-state index contributed by atoms with van der Waals surface area (Å²) < 4.78 is 0. The average Bonchev–Trinajstić information content (AvgIpc) is 2.93. The van der Waals surface area contributed by atoms with Gasteiger partial charge in [-0.1, -0.05) is 37.6 Å². The minimum atomic E-state index is 0.0813. The minimum absolute atomic E-state index is 0.0813. The van der Waals surface area contributed by atoms with Crippen LogP contribution in [0.25, 0.3) is 0 Å². The van der Waals surface area contributed by atoms with Crippen molar-refractivity contribution in [2.75, 3.05) is 26.2 Å². The van der Waals surface area contributed by atoms with E-state index in [1.807, 2.05) is 36.4 Å². The fraction of sp³-hybridized carbons (Fsp3) is 0.606. The summed E-state index contributed by atoms with van der Waals surface area (Å²) in [6, 6.07) is 17.6. The van der Waals surface area contributed by atoms with E-state index in [4.69, 9.17) is 0 Å². The highest BCUT2D eigenvalue weighted by Gasteiger charge is 2.85. The third-order valence-electron chi connectivity index (χ3n) is 12.1. The molecule has 5 fully saturated rings. The predicted octanol–water partition coefficient (Wildman–Crippen LogP) is 4.59. The van der Waals surface area contributed by atoms with Crippen LogP contribution in [0.4, 0.5) is 0 Å². The van der Waals surface area contributed by atoms with Gasteiger partial charge in [-0.15, -0.1) is 0 Å². The molecule has 8 atom stereocenters. The van der Waals surface area contributed by atoms with Crippen LogP contribution >= 0.6 is 0 Å². The van der Waals surface area contributed by atoms with E-state index in [9.17, 15) is 9.90 Å². The lowest BCUT2D eigenvalue weighted by Gasteiger charge is -2.88. The zero-order valence-electron chi connectivity index (χ0n) is 22.6. The maximum absolute atomic E-state index is 13.9. The van der Waals surface area contributed by atoms with E-state index in [1.54, 1.807) is 0 Å². The number of carbonyl (C=O) groups excluding carboxylic acids is 1. The number of hydrogen-bond acceptors (Lipinski definition) is 4. The number of rotatable bonds is 4. The number of benzene rings is 2. The molecule has 1 spiro atoms. The summed E-state index contributed by atoms with van der Waals surface area (Å²) in [6.45, 7) is 6.68. The molecule has 3 saturated heterocycles. The molecule has 1 amide bonds. The molecule has 2 aromatic rings. The normalized spacial score (nSPS) is 40.7. The predicted molar refractivity (Wildman–Crippen MR) is 148 cm³/mol. The maximum Gasteiger partial charge on any atom is 0.254 e. The second-order valence-electron chi connectivity index (χ2n) is 13.3. The van der Waals surface area contributed by atoms with Gasteiger partial charge in [-0.3, -0.25) is 9.69 Å². The Hall–Kier alpha value is -2.37. The highest BCUT2D eigenvalue weighted by atomic mass is 16.3. The summed E-state index contributed by atoms with van der Waals surface area (Å²) in [5, 5.41) is 14.5. The summed E-state index contributed by atoms with van der Waals surface area (Å²) >= 11 is 0. The number of likely N-dealkylation sites (tertiary alicyclic amines) is 2. The molecule has 0 aromatic heterocycles. The van der Waals surface area contributed by atoms with Crippen LogP contribution in [0, 0.1) is 23.2 Å². The van der Waals surface area contributed by atoms with Gasteiger partial charge in [-0.2, -0.15) is 0 Å². The van der Waals surface area contributed by atoms with Gasteiger partial charge in [0.1, 0.15) is 5.75 Å². The van der Waals surface area contributed by atoms with Crippen LogP contribution in [0.2, 0.25) is 0 Å². The standard InChI is InChI=1S/C33H41N3O2/c1-2-27-30-29-23(19-36(27)31(38)21-8-4-3-5-9-21)18-33(29)28-16-22-11-12-25(37)17-26(22)32(30,33)13-15-35(28)20-24-10-6-7-14-34-24/h3-5,8-9,11-12,17,23-24,27-30,34,37H,2,6-7,10,13-16,18-20H2,1H3/t23-,24+,27?,28?,29?,30?,32?,33?/m1/s1. The van der Waals surface area contributed by atoms with E-state index < -0.39 is 0 Å². The molecule has 2 bridgehead atoms. The molecule has 5 heteroatoms. The molecule has 2 saturated carbocycles. The largest absolute Gasteiger partial charge is 0.508 e. The molecule has 200 valence electrons. The number of phenolic OH excluding ortho intramolecular Hbond substituents is 1. The van der Waals surface area contributed by atoms with E-state index in [-0.39, 0.29) is 17.4 Å². The average molecular weight is 512 g/mol. The van der Waals surface area contributed by atoms with Gasteiger partial charge >= 0.3 is 0 Å². The molecule has 2 N–H and O–H groups in total. The Bertz CT molecular complexity index is 1260. The number of nitrogens with zero attached hydrogens (tertiary/aromatic N) is 2. The molecule has 3 aliphatic carbocycles. The van der Waals surface area contributed by atoms with Crippen molar-refractivity contribution in [1.82, 2.24) is 15.1 Å². The van der Waals surface area contributed by atoms with Gasteiger partial charge in [-0.05, 0) is 105 Å². The summed E-state index contributed by atoms with van der Waals surface area (Å²) in [5.41, 5.74) is 4.09. The van der Waals surface area contributed by atoms with Crippen molar-refractivity contribution in [2.45, 2.75) is 75.4 Å². The molecule has 38 heavy (non-hydrogen) atoms. The Morgan fingerprint density at radius 3 is 2.79 bits per heavy atom. The third-order valence-corrected chi connectivity index (χ3v) is 12.1. The highest BCUT2D eigenvalue weighted by Crippen LogP contribution is 2.84. The Morgan fingerprint density at radius 1 is 1.13 bits per heavy atom. The molecule has 6 unspecified atom stereocenters. The Kier molecular flexibility index (Phi) is 5.14. The van der Waals surface area contributed by atoms with E-state index in [1.165, 1.54) is 43.4 Å². The van der Waals surface area contributed by atoms with Crippen LogP contribution in [0.15, 0.2) is 48.5 Å². The van der Waals surface area contributed by atoms with Crippen molar-refractivity contribution in [2.24, 2.45) is 23.2 Å². The van der Waals surface area contributed by atoms with E-state index in [0.717, 1.165) is 44.5 Å². The molecule has 3 heterocycles. The number of piperidine rings is 3. The Morgan fingerprint density at radius 2 is 2.00 bits per heavy atom. The van der Waals surface area contributed by atoms with Crippen LogP contribution in [0.1, 0.15) is 66.9 Å². The van der Waals surface area contributed by atoms with Crippen molar-refractivity contribution in [3.63, 3.8) is 0 Å². The van der Waals surface area contributed by atoms with E-state index in [0.29, 0.717) is 41.0 Å². The monoisotopic (exact) mass is 511 g/mol. The number of aromatic hydroxyl groups is 1. The number of hydrogen-bond donors (Lipinski definition) is 2. The second kappa shape index (κ2) is 8.32. The van der Waals surface area contributed by atoms with Crippen molar-refractivity contribution in [3.8, 4) is 5.75 Å². The number of amides is 1. The Labute approximate surface area is 226 Å². The molecule has 8 rings (SSSR count). The van der Waals surface area contributed by atoms with Crippen molar-refractivity contribution in [1.29, 1.82) is 0 Å². The van der Waals surface area contributed by atoms with Crippen LogP contribution in [-0.4, -0.2) is 65.1 Å². The summed E-state index contributed by atoms with van der Waals surface area (Å²) in [7, 11) is 0. The molecular weight excluding hydrogens is 470 g/mol. The maximum atomic E-state index is 13.9. The first-order valence-electron chi connectivity index (χ1n) is 15.2. The lowest BCUT2D eigenvalue weighted by atomic mass is 9.20. The SMILES string of the molecule is CCC1C2C3[C@@H](CN1C(=O)c1ccccc1)CC31C3Cc4ccc(O)cc4C21CCN3C[C@@H]1CCCCN1. The van der Waals surface area contributed by atoms with Gasteiger partial charge in [0.05, 0.1) is 0 Å². The molecular formula is C33H41N3O2. The smallest absolute Gasteiger partial charge is 0.254 e. The van der Waals surface area contributed by atoms with Gasteiger partial charge in [0.15, 0.2) is 0 Å². The highest BCUT2D eigenvalue weighted by molar-refractivity contribution is 5.94. The van der Waals surface area contributed by atoms with Gasteiger partial charge < -0.3 is 15.3 Å². The van der Waals surface area contributed by atoms with Crippen molar-refractivity contribution < 1.29 is 9.90 Å². The molecule has 5 nitrogen and oxygen atoms in total. The lowest BCUT2D eigenvalue weighted by molar-refractivity contribution is -0.349. The molecule has 0 radical (unpaired) electrons. The quantitative estimate of drug-likeness (QED) is 0.631. The second-order valence-corrected chi connectivity index (χ2v) is 13.3. The first kappa shape index (κ1) is 23.5. The number of fused-ring (bicyclic) bond motifs is 1. The van der Waals surface area contributed by atoms with Crippen LogP contribution < -0.4 is 5.32 Å². The van der Waals surface area contributed by atoms with Crippen molar-refractivity contribution in [3.05, 3.63) is 65.2 Å². The fourth-order valence-electron chi connectivity index (χ4n) is 11.0. The first-order chi connectivity index (χ1) is 18.6. The van der Waals surface area contributed by atoms with E-state index in [2.05, 4.69) is 34.2 Å². The third kappa shape index (κ3) is 2.82. The van der Waals surface area contributed by atoms with Gasteiger partial charge in [0.2, 0.25) is 0 Å². The first-order valence-corrected chi connectivity index (χ1v) is 15.2. The molecule has 3 aliphatic heterocycles.